The quantitative estimate of drug-likeness (QED) is 0.692. The molecule has 4 heteroatoms. The van der Waals surface area contributed by atoms with Crippen molar-refractivity contribution in [3.8, 4) is 0 Å². The molecule has 0 aliphatic carbocycles. The van der Waals surface area contributed by atoms with E-state index in [1.807, 2.05) is 0 Å². The van der Waals surface area contributed by atoms with Gasteiger partial charge in [0.15, 0.2) is 0 Å². The molecule has 1 heterocycles. The van der Waals surface area contributed by atoms with Crippen molar-refractivity contribution in [2.24, 2.45) is 0 Å². The van der Waals surface area contributed by atoms with E-state index in [1.54, 1.807) is 0 Å². The Morgan fingerprint density at radius 3 is 3.00 bits per heavy atom. The van der Waals surface area contributed by atoms with Crippen LogP contribution < -0.4 is 5.11 Å². The van der Waals surface area contributed by atoms with Crippen molar-refractivity contribution < 1.29 is 9.90 Å². The van der Waals surface area contributed by atoms with Gasteiger partial charge in [-0.15, -0.1) is 0 Å². The summed E-state index contributed by atoms with van der Waals surface area (Å²) >= 11 is 0. The van der Waals surface area contributed by atoms with E-state index in [9.17, 15) is 9.90 Å². The number of carboxylic acid groups (broad SMARTS) is 1. The van der Waals surface area contributed by atoms with Gasteiger partial charge < -0.3 is 9.90 Å². The van der Waals surface area contributed by atoms with Crippen LogP contribution in [0, 0.1) is 0 Å². The van der Waals surface area contributed by atoms with Gasteiger partial charge in [-0.25, -0.2) is 0 Å². The van der Waals surface area contributed by atoms with Gasteiger partial charge in [-0.05, 0) is 18.9 Å². The second-order valence-corrected chi connectivity index (χ2v) is 2.67. The second-order valence-electron chi connectivity index (χ2n) is 2.67. The molecule has 1 aromatic heterocycles. The third-order valence-corrected chi connectivity index (χ3v) is 1.64. The highest BCUT2D eigenvalue weighted by molar-refractivity contribution is 5.83. The zero-order valence-electron chi connectivity index (χ0n) is 6.96. The first kappa shape index (κ1) is 8.77. The fourth-order valence-corrected chi connectivity index (χ4v) is 0.961. The van der Waals surface area contributed by atoms with Gasteiger partial charge in [0.1, 0.15) is 5.69 Å². The SMILES string of the molecule is CCCCc1cc(C(=O)[O-])n[nH]1. The van der Waals surface area contributed by atoms with E-state index in [1.165, 1.54) is 6.07 Å². The van der Waals surface area contributed by atoms with Crippen LogP contribution in [-0.2, 0) is 6.42 Å². The number of aromatic amines is 1. The maximum atomic E-state index is 10.3. The molecule has 0 aromatic carbocycles. The fraction of sp³-hybridized carbons (Fsp3) is 0.500. The number of carbonyl (C=O) groups is 1. The van der Waals surface area contributed by atoms with E-state index in [0.29, 0.717) is 0 Å². The van der Waals surface area contributed by atoms with E-state index in [-0.39, 0.29) is 5.69 Å². The average molecular weight is 167 g/mol. The first-order chi connectivity index (χ1) is 5.74. The number of carboxylic acids is 1. The predicted octanol–water partition coefficient (Wildman–Crippen LogP) is 0.116. The van der Waals surface area contributed by atoms with Crippen LogP contribution in [0.2, 0.25) is 0 Å². The molecule has 0 unspecified atom stereocenters. The normalized spacial score (nSPS) is 10.1. The molecule has 66 valence electrons. The van der Waals surface area contributed by atoms with Crippen molar-refractivity contribution in [3.63, 3.8) is 0 Å². The predicted molar refractivity (Wildman–Crippen MR) is 41.5 cm³/mol. The number of rotatable bonds is 4. The molecule has 1 rings (SSSR count). The first-order valence-corrected chi connectivity index (χ1v) is 3.99. The van der Waals surface area contributed by atoms with Gasteiger partial charge in [-0.3, -0.25) is 5.10 Å². The van der Waals surface area contributed by atoms with Crippen molar-refractivity contribution in [2.45, 2.75) is 26.2 Å². The summed E-state index contributed by atoms with van der Waals surface area (Å²) in [6, 6.07) is 1.52. The molecule has 0 saturated carbocycles. The number of carbonyl (C=O) groups excluding carboxylic acids is 1. The molecule has 0 fully saturated rings. The number of hydrogen-bond donors (Lipinski definition) is 1. The van der Waals surface area contributed by atoms with E-state index < -0.39 is 5.97 Å². The average Bonchev–Trinajstić information content (AvgIpc) is 2.48. The first-order valence-electron chi connectivity index (χ1n) is 3.99. The van der Waals surface area contributed by atoms with E-state index in [4.69, 9.17) is 0 Å². The van der Waals surface area contributed by atoms with E-state index in [0.717, 1.165) is 25.0 Å². The minimum absolute atomic E-state index is 0.0129. The molecule has 1 aromatic rings. The van der Waals surface area contributed by atoms with E-state index >= 15 is 0 Å². The van der Waals surface area contributed by atoms with Crippen molar-refractivity contribution in [1.29, 1.82) is 0 Å². The number of unbranched alkanes of at least 4 members (excludes halogenated alkanes) is 1. The smallest absolute Gasteiger partial charge is 0.108 e. The van der Waals surface area contributed by atoms with Gasteiger partial charge in [0.05, 0.1) is 5.97 Å². The summed E-state index contributed by atoms with van der Waals surface area (Å²) in [4.78, 5) is 10.3. The lowest BCUT2D eigenvalue weighted by molar-refractivity contribution is -0.255. The Morgan fingerprint density at radius 1 is 1.75 bits per heavy atom. The minimum atomic E-state index is -1.23. The van der Waals surface area contributed by atoms with Crippen LogP contribution in [0.3, 0.4) is 0 Å². The summed E-state index contributed by atoms with van der Waals surface area (Å²) in [6.07, 6.45) is 2.96. The Hall–Kier alpha value is -1.32. The monoisotopic (exact) mass is 167 g/mol. The molecule has 0 aliphatic heterocycles. The lowest BCUT2D eigenvalue weighted by atomic mass is 10.2. The van der Waals surface area contributed by atoms with Crippen LogP contribution in [0.15, 0.2) is 6.07 Å². The highest BCUT2D eigenvalue weighted by Gasteiger charge is 2.00. The molecule has 0 aliphatic rings. The number of H-pyrrole nitrogens is 1. The fourth-order valence-electron chi connectivity index (χ4n) is 0.961. The molecule has 12 heavy (non-hydrogen) atoms. The molecular weight excluding hydrogens is 156 g/mol. The van der Waals surface area contributed by atoms with Gasteiger partial charge in [0.2, 0.25) is 0 Å². The van der Waals surface area contributed by atoms with Gasteiger partial charge in [0, 0.05) is 5.69 Å². The van der Waals surface area contributed by atoms with Crippen molar-refractivity contribution in [1.82, 2.24) is 10.2 Å². The third-order valence-electron chi connectivity index (χ3n) is 1.64. The zero-order chi connectivity index (χ0) is 8.97. The molecule has 0 atom stereocenters. The van der Waals surface area contributed by atoms with Crippen LogP contribution in [-0.4, -0.2) is 16.2 Å². The van der Waals surface area contributed by atoms with Gasteiger partial charge in [-0.1, -0.05) is 13.3 Å². The Morgan fingerprint density at radius 2 is 2.50 bits per heavy atom. The maximum Gasteiger partial charge on any atom is 0.108 e. The van der Waals surface area contributed by atoms with Crippen molar-refractivity contribution in [3.05, 3.63) is 17.5 Å². The van der Waals surface area contributed by atoms with Crippen LogP contribution in [0.5, 0.6) is 0 Å². The Labute approximate surface area is 70.6 Å². The summed E-state index contributed by atoms with van der Waals surface area (Å²) in [5.41, 5.74) is 0.845. The zero-order valence-corrected chi connectivity index (χ0v) is 6.96. The number of nitrogens with zero attached hydrogens (tertiary/aromatic N) is 1. The summed E-state index contributed by atoms with van der Waals surface area (Å²) in [5.74, 6) is -1.23. The minimum Gasteiger partial charge on any atom is -0.543 e. The Kier molecular flexibility index (Phi) is 2.85. The van der Waals surface area contributed by atoms with Crippen LogP contribution in [0.4, 0.5) is 0 Å². The molecular formula is C8H11N2O2-. The van der Waals surface area contributed by atoms with Crippen LogP contribution in [0.25, 0.3) is 0 Å². The number of nitrogens with one attached hydrogen (secondary N) is 1. The highest BCUT2D eigenvalue weighted by Crippen LogP contribution is 2.03. The Balaban J connectivity index is 2.58. The molecule has 1 N–H and O–H groups in total. The number of aryl methyl sites for hydroxylation is 1. The largest absolute Gasteiger partial charge is 0.543 e. The lowest BCUT2D eigenvalue weighted by Gasteiger charge is -1.92. The topological polar surface area (TPSA) is 68.8 Å². The summed E-state index contributed by atoms with van der Waals surface area (Å²) < 4.78 is 0. The Bertz CT molecular complexity index is 268. The van der Waals surface area contributed by atoms with Crippen molar-refractivity contribution in [2.75, 3.05) is 0 Å². The van der Waals surface area contributed by atoms with Gasteiger partial charge >= 0.3 is 0 Å². The summed E-state index contributed by atoms with van der Waals surface area (Å²) in [5, 5.41) is 16.5. The summed E-state index contributed by atoms with van der Waals surface area (Å²) in [6.45, 7) is 2.08. The number of hydrogen-bond acceptors (Lipinski definition) is 3. The van der Waals surface area contributed by atoms with Gasteiger partial charge in [0.25, 0.3) is 0 Å². The molecule has 4 nitrogen and oxygen atoms in total. The lowest BCUT2D eigenvalue weighted by Crippen LogP contribution is -2.22. The van der Waals surface area contributed by atoms with Crippen molar-refractivity contribution >= 4 is 5.97 Å². The van der Waals surface area contributed by atoms with E-state index in [2.05, 4.69) is 17.1 Å². The van der Waals surface area contributed by atoms with Crippen LogP contribution in [0.1, 0.15) is 35.9 Å². The molecule has 0 spiro atoms. The molecule has 0 amide bonds. The second kappa shape index (κ2) is 3.90. The number of aromatic nitrogens is 2. The van der Waals surface area contributed by atoms with Gasteiger partial charge in [-0.2, -0.15) is 5.10 Å². The maximum absolute atomic E-state index is 10.3. The summed E-state index contributed by atoms with van der Waals surface area (Å²) in [7, 11) is 0. The third kappa shape index (κ3) is 2.08. The molecule has 0 radical (unpaired) electrons. The standard InChI is InChI=1S/C8H12N2O2/c1-2-3-4-6-5-7(8(11)12)10-9-6/h5H,2-4H2,1H3,(H,9,10)(H,11,12)/p-1. The highest BCUT2D eigenvalue weighted by atomic mass is 16.4. The number of aromatic carboxylic acids is 1. The molecule has 0 saturated heterocycles. The van der Waals surface area contributed by atoms with Crippen LogP contribution >= 0.6 is 0 Å². The molecule has 0 bridgehead atoms.